The van der Waals surface area contributed by atoms with Gasteiger partial charge in [-0.3, -0.25) is 0 Å². The molecule has 1 saturated heterocycles. The highest BCUT2D eigenvalue weighted by Crippen LogP contribution is 2.44. The number of thiol groups is 1. The van der Waals surface area contributed by atoms with Crippen molar-refractivity contribution >= 4 is 18.3 Å². The van der Waals surface area contributed by atoms with E-state index >= 15 is 0 Å². The van der Waals surface area contributed by atoms with E-state index in [0.717, 1.165) is 11.1 Å². The molecule has 0 aliphatic carbocycles. The second-order valence-corrected chi connectivity index (χ2v) is 8.17. The number of benzene rings is 2. The number of nitriles is 1. The second-order valence-electron chi connectivity index (χ2n) is 7.74. The smallest absolute Gasteiger partial charge is 0.164 e. The van der Waals surface area contributed by atoms with Crippen molar-refractivity contribution in [3.8, 4) is 6.07 Å². The number of nitrogens with zero attached hydrogens (tertiary/aromatic N) is 2. The van der Waals surface area contributed by atoms with E-state index in [2.05, 4.69) is 18.7 Å². The molecule has 0 saturated carbocycles. The summed E-state index contributed by atoms with van der Waals surface area (Å²) < 4.78 is 5.81. The Hall–Kier alpha value is -2.64. The number of allylic oxidation sites excluding steroid dienone is 2. The maximum atomic E-state index is 10.8. The van der Waals surface area contributed by atoms with Crippen molar-refractivity contribution in [3.63, 3.8) is 0 Å². The Kier molecular flexibility index (Phi) is 6.67. The van der Waals surface area contributed by atoms with Crippen molar-refractivity contribution in [2.45, 2.75) is 36.6 Å². The molecule has 2 heterocycles. The second kappa shape index (κ2) is 9.46. The molecule has 0 amide bonds. The van der Waals surface area contributed by atoms with Crippen molar-refractivity contribution in [3.05, 3.63) is 88.5 Å². The lowest BCUT2D eigenvalue weighted by molar-refractivity contribution is -0.252. The summed E-state index contributed by atoms with van der Waals surface area (Å²) in [5, 5.41) is 51.2. The molecule has 1 fully saturated rings. The summed E-state index contributed by atoms with van der Waals surface area (Å²) in [5.41, 5.74) is 2.65. The molecule has 8 heteroatoms. The van der Waals surface area contributed by atoms with Crippen LogP contribution in [-0.4, -0.2) is 62.6 Å². The summed E-state index contributed by atoms with van der Waals surface area (Å²) in [5.74, 6) is -0.384. The van der Waals surface area contributed by atoms with Gasteiger partial charge in [0.05, 0.1) is 23.3 Å². The van der Waals surface area contributed by atoms with Crippen LogP contribution in [0.25, 0.3) is 5.70 Å². The molecule has 6 atom stereocenters. The molecule has 2 aromatic carbocycles. The van der Waals surface area contributed by atoms with Crippen LogP contribution in [0.1, 0.15) is 17.0 Å². The summed E-state index contributed by atoms with van der Waals surface area (Å²) >= 11 is 4.66. The fraction of sp³-hybridized carbons (Fsp3) is 0.292. The minimum atomic E-state index is -1.55. The van der Waals surface area contributed by atoms with Crippen LogP contribution in [-0.2, 0) is 4.74 Å². The van der Waals surface area contributed by atoms with Gasteiger partial charge >= 0.3 is 0 Å². The predicted octanol–water partition coefficient (Wildman–Crippen LogP) is 1.59. The quantitative estimate of drug-likeness (QED) is 0.447. The zero-order chi connectivity index (χ0) is 22.8. The van der Waals surface area contributed by atoms with Gasteiger partial charge in [0.2, 0.25) is 0 Å². The molecular weight excluding hydrogens is 428 g/mol. The Morgan fingerprint density at radius 2 is 1.56 bits per heavy atom. The minimum Gasteiger partial charge on any atom is -0.394 e. The average Bonchev–Trinajstić information content (AvgIpc) is 2.84. The van der Waals surface area contributed by atoms with E-state index in [9.17, 15) is 25.7 Å². The molecule has 0 bridgehead atoms. The van der Waals surface area contributed by atoms with Gasteiger partial charge in [0.15, 0.2) is 6.23 Å². The maximum absolute atomic E-state index is 10.8. The first-order chi connectivity index (χ1) is 15.5. The minimum absolute atomic E-state index is 0.257. The molecule has 0 unspecified atom stereocenters. The summed E-state index contributed by atoms with van der Waals surface area (Å²) in [6.07, 6.45) is -4.94. The summed E-state index contributed by atoms with van der Waals surface area (Å²) in [6, 6.07) is 21.1. The third-order valence-corrected chi connectivity index (χ3v) is 6.29. The summed E-state index contributed by atoms with van der Waals surface area (Å²) in [6.45, 7) is -0.553. The molecular formula is C24H24N2O5S. The highest BCUT2D eigenvalue weighted by Gasteiger charge is 2.48. The van der Waals surface area contributed by atoms with Gasteiger partial charge in [0.1, 0.15) is 24.4 Å². The van der Waals surface area contributed by atoms with Crippen molar-refractivity contribution in [2.75, 3.05) is 6.61 Å². The zero-order valence-corrected chi connectivity index (χ0v) is 18.0. The van der Waals surface area contributed by atoms with E-state index in [0.29, 0.717) is 11.3 Å². The molecule has 32 heavy (non-hydrogen) atoms. The molecule has 0 spiro atoms. The Balaban J connectivity index is 1.86. The third kappa shape index (κ3) is 3.95. The Labute approximate surface area is 191 Å². The van der Waals surface area contributed by atoms with Gasteiger partial charge < -0.3 is 30.1 Å². The Morgan fingerprint density at radius 1 is 0.938 bits per heavy atom. The van der Waals surface area contributed by atoms with Crippen molar-refractivity contribution in [1.82, 2.24) is 4.90 Å². The fourth-order valence-electron chi connectivity index (χ4n) is 4.14. The van der Waals surface area contributed by atoms with E-state index in [1.165, 1.54) is 0 Å². The van der Waals surface area contributed by atoms with Gasteiger partial charge in [-0.25, -0.2) is 0 Å². The first-order valence-corrected chi connectivity index (χ1v) is 10.7. The molecule has 7 nitrogen and oxygen atoms in total. The number of aliphatic hydroxyl groups is 4. The number of ether oxygens (including phenoxy) is 1. The average molecular weight is 453 g/mol. The predicted molar refractivity (Wildman–Crippen MR) is 121 cm³/mol. The Bertz CT molecular complexity index is 1050. The van der Waals surface area contributed by atoms with Crippen LogP contribution >= 0.6 is 12.6 Å². The van der Waals surface area contributed by atoms with E-state index < -0.39 is 37.3 Å². The zero-order valence-electron chi connectivity index (χ0n) is 17.1. The number of aliphatic hydroxyl groups excluding tert-OH is 4. The monoisotopic (exact) mass is 452 g/mol. The summed E-state index contributed by atoms with van der Waals surface area (Å²) in [7, 11) is 0. The molecule has 0 radical (unpaired) electrons. The normalized spacial score (nSPS) is 30.6. The van der Waals surface area contributed by atoms with E-state index in [4.69, 9.17) is 4.74 Å². The number of hydrogen-bond acceptors (Lipinski definition) is 8. The molecule has 2 aromatic rings. The lowest BCUT2D eigenvalue weighted by Crippen LogP contribution is -2.62. The van der Waals surface area contributed by atoms with Crippen LogP contribution in [0.4, 0.5) is 0 Å². The van der Waals surface area contributed by atoms with Gasteiger partial charge in [-0.05, 0) is 17.2 Å². The molecule has 2 aliphatic heterocycles. The van der Waals surface area contributed by atoms with Crippen LogP contribution in [0.5, 0.6) is 0 Å². The number of rotatable bonds is 4. The van der Waals surface area contributed by atoms with Crippen LogP contribution in [0.2, 0.25) is 0 Å². The van der Waals surface area contributed by atoms with Crippen LogP contribution in [0, 0.1) is 11.3 Å². The largest absolute Gasteiger partial charge is 0.394 e. The Morgan fingerprint density at radius 3 is 2.16 bits per heavy atom. The van der Waals surface area contributed by atoms with E-state index in [1.54, 1.807) is 4.90 Å². The lowest BCUT2D eigenvalue weighted by atomic mass is 9.87. The molecule has 4 rings (SSSR count). The highest BCUT2D eigenvalue weighted by atomic mass is 32.1. The van der Waals surface area contributed by atoms with Gasteiger partial charge in [-0.15, -0.1) is 12.6 Å². The van der Waals surface area contributed by atoms with Crippen LogP contribution < -0.4 is 0 Å². The van der Waals surface area contributed by atoms with Crippen molar-refractivity contribution in [2.24, 2.45) is 0 Å². The SMILES string of the molecule is N#CC1=C(S)N([C@H]2O[C@@H](CO)[C@@H](O)[C@@H](O)[C@H]2O)C(c2ccccc2)=C[C@H]1c1ccccc1. The third-order valence-electron chi connectivity index (χ3n) is 5.83. The van der Waals surface area contributed by atoms with E-state index in [-0.39, 0.29) is 10.9 Å². The first-order valence-electron chi connectivity index (χ1n) is 10.2. The van der Waals surface area contributed by atoms with Crippen molar-refractivity contribution < 1.29 is 25.2 Å². The number of hydrogen-bond donors (Lipinski definition) is 5. The lowest BCUT2D eigenvalue weighted by Gasteiger charge is -2.47. The fourth-order valence-corrected chi connectivity index (χ4v) is 4.56. The molecule has 0 aromatic heterocycles. The molecule has 4 N–H and O–H groups in total. The van der Waals surface area contributed by atoms with Gasteiger partial charge in [-0.1, -0.05) is 60.7 Å². The van der Waals surface area contributed by atoms with Crippen LogP contribution in [0.15, 0.2) is 77.3 Å². The standard InChI is InChI=1S/C24H24N2O5S/c25-12-17-16(14-7-3-1-4-8-14)11-18(15-9-5-2-6-10-15)26(24(17)32)23-22(30)21(29)20(28)19(13-27)31-23/h1-11,16,19-23,27-30,32H,13H2/t16-,19-,20+,21+,22+,23-/m0/s1. The summed E-state index contributed by atoms with van der Waals surface area (Å²) in [4.78, 5) is 1.54. The topological polar surface area (TPSA) is 117 Å². The van der Waals surface area contributed by atoms with Gasteiger partial charge in [0, 0.05) is 11.6 Å². The highest BCUT2D eigenvalue weighted by molar-refractivity contribution is 7.84. The van der Waals surface area contributed by atoms with Gasteiger partial charge in [0.25, 0.3) is 0 Å². The van der Waals surface area contributed by atoms with Crippen LogP contribution in [0.3, 0.4) is 0 Å². The first kappa shape index (κ1) is 22.6. The van der Waals surface area contributed by atoms with E-state index in [1.807, 2.05) is 66.7 Å². The van der Waals surface area contributed by atoms with Gasteiger partial charge in [-0.2, -0.15) is 5.26 Å². The maximum Gasteiger partial charge on any atom is 0.164 e. The van der Waals surface area contributed by atoms with Crippen molar-refractivity contribution in [1.29, 1.82) is 5.26 Å². The molecule has 166 valence electrons. The molecule has 2 aliphatic rings.